The first-order valence-corrected chi connectivity index (χ1v) is 6.76. The molecule has 2 aromatic rings. The number of nitriles is 1. The van der Waals surface area contributed by atoms with Crippen molar-refractivity contribution in [1.29, 1.82) is 5.26 Å². The zero-order valence-corrected chi connectivity index (χ0v) is 11.7. The summed E-state index contributed by atoms with van der Waals surface area (Å²) in [4.78, 5) is 0. The fraction of sp³-hybridized carbons (Fsp3) is 0. The Morgan fingerprint density at radius 3 is 2.26 bits per heavy atom. The average Bonchev–Trinajstić information content (AvgIpc) is 2.56. The molecule has 0 heterocycles. The number of allylic oxidation sites excluding steroid dienone is 1. The first kappa shape index (κ1) is 12.0. The zero-order chi connectivity index (χ0) is 13.2. The van der Waals surface area contributed by atoms with Gasteiger partial charge in [0.25, 0.3) is 0 Å². The molecule has 2 aromatic carbocycles. The molecule has 0 spiro atoms. The minimum absolute atomic E-state index is 0.972. The number of halogens is 1. The van der Waals surface area contributed by atoms with Crippen LogP contribution < -0.4 is 0 Å². The second-order valence-corrected chi connectivity index (χ2v) is 5.17. The molecule has 0 fully saturated rings. The van der Waals surface area contributed by atoms with Gasteiger partial charge in [0.15, 0.2) is 0 Å². The van der Waals surface area contributed by atoms with Crippen LogP contribution in [0.3, 0.4) is 0 Å². The third-order valence-electron chi connectivity index (χ3n) is 3.22. The van der Waals surface area contributed by atoms with Crippen molar-refractivity contribution in [1.82, 2.24) is 0 Å². The van der Waals surface area contributed by atoms with E-state index in [1.54, 1.807) is 6.08 Å². The fourth-order valence-electron chi connectivity index (χ4n) is 2.37. The number of rotatable bonds is 0. The summed E-state index contributed by atoms with van der Waals surface area (Å²) in [6.07, 6.45) is 3.73. The van der Waals surface area contributed by atoms with Crippen molar-refractivity contribution in [3.63, 3.8) is 0 Å². The summed E-state index contributed by atoms with van der Waals surface area (Å²) in [5.41, 5.74) is 5.37. The molecule has 0 unspecified atom stereocenters. The highest BCUT2D eigenvalue weighted by molar-refractivity contribution is 9.15. The normalized spacial score (nSPS) is 14.9. The zero-order valence-electron chi connectivity index (χ0n) is 10.1. The lowest BCUT2D eigenvalue weighted by Gasteiger charge is -2.10. The summed E-state index contributed by atoms with van der Waals surface area (Å²) >= 11 is 3.64. The number of hydrogen-bond acceptors (Lipinski definition) is 1. The molecule has 0 radical (unpaired) electrons. The molecular formula is C17H10BrN. The molecule has 0 saturated carbocycles. The predicted molar refractivity (Wildman–Crippen MR) is 82.4 cm³/mol. The minimum atomic E-state index is 0.972. The molecule has 0 aliphatic heterocycles. The second-order valence-electron chi connectivity index (χ2n) is 4.31. The summed E-state index contributed by atoms with van der Waals surface area (Å²) in [6, 6.07) is 18.4. The van der Waals surface area contributed by atoms with Crippen LogP contribution in [-0.2, 0) is 0 Å². The monoisotopic (exact) mass is 307 g/mol. The summed E-state index contributed by atoms with van der Waals surface area (Å²) in [5, 5.41) is 9.07. The van der Waals surface area contributed by atoms with Gasteiger partial charge < -0.3 is 0 Å². The molecule has 0 bridgehead atoms. The number of fused-ring (bicyclic) bond motifs is 2. The summed E-state index contributed by atoms with van der Waals surface area (Å²) in [6.45, 7) is 0. The van der Waals surface area contributed by atoms with Gasteiger partial charge in [0, 0.05) is 16.1 Å². The first-order valence-electron chi connectivity index (χ1n) is 5.97. The molecule has 0 N–H and O–H groups in total. The Labute approximate surface area is 120 Å². The van der Waals surface area contributed by atoms with Crippen LogP contribution in [0, 0.1) is 11.3 Å². The molecular weight excluding hydrogens is 298 g/mol. The van der Waals surface area contributed by atoms with E-state index in [9.17, 15) is 0 Å². The van der Waals surface area contributed by atoms with Gasteiger partial charge in [-0.3, -0.25) is 0 Å². The van der Waals surface area contributed by atoms with E-state index in [1.807, 2.05) is 24.3 Å². The lowest BCUT2D eigenvalue weighted by molar-refractivity contribution is 1.50. The summed E-state index contributed by atoms with van der Waals surface area (Å²) in [5.74, 6) is 0. The molecule has 0 amide bonds. The summed E-state index contributed by atoms with van der Waals surface area (Å²) < 4.78 is 1.04. The molecule has 19 heavy (non-hydrogen) atoms. The van der Waals surface area contributed by atoms with Crippen molar-refractivity contribution < 1.29 is 0 Å². The molecule has 90 valence electrons. The smallest absolute Gasteiger partial charge is 0.0918 e. The topological polar surface area (TPSA) is 23.8 Å². The second kappa shape index (κ2) is 4.87. The maximum atomic E-state index is 9.07. The van der Waals surface area contributed by atoms with E-state index in [1.165, 1.54) is 0 Å². The van der Waals surface area contributed by atoms with Gasteiger partial charge in [-0.15, -0.1) is 0 Å². The predicted octanol–water partition coefficient (Wildman–Crippen LogP) is 4.85. The van der Waals surface area contributed by atoms with Crippen molar-refractivity contribution in [2.75, 3.05) is 0 Å². The van der Waals surface area contributed by atoms with Gasteiger partial charge in [-0.25, -0.2) is 0 Å². The van der Waals surface area contributed by atoms with Crippen LogP contribution in [0.5, 0.6) is 0 Å². The van der Waals surface area contributed by atoms with E-state index in [4.69, 9.17) is 5.26 Å². The number of nitrogens with zero attached hydrogens (tertiary/aromatic N) is 1. The van der Waals surface area contributed by atoms with Gasteiger partial charge >= 0.3 is 0 Å². The highest BCUT2D eigenvalue weighted by Crippen LogP contribution is 2.39. The molecule has 1 nitrogen and oxygen atoms in total. The van der Waals surface area contributed by atoms with Gasteiger partial charge in [0.05, 0.1) is 6.07 Å². The van der Waals surface area contributed by atoms with Crippen LogP contribution in [0.15, 0.2) is 54.6 Å². The SMILES string of the molecule is N#C/C=C1/c2ccccc2C=C(Br)c2ccccc21. The number of benzene rings is 2. The molecule has 0 saturated heterocycles. The van der Waals surface area contributed by atoms with E-state index >= 15 is 0 Å². The van der Waals surface area contributed by atoms with E-state index in [-0.39, 0.29) is 0 Å². The molecule has 0 aromatic heterocycles. The lowest BCUT2D eigenvalue weighted by Crippen LogP contribution is -1.91. The minimum Gasteiger partial charge on any atom is -0.193 e. The summed E-state index contributed by atoms with van der Waals surface area (Å²) in [7, 11) is 0. The van der Waals surface area contributed by atoms with E-state index in [0.29, 0.717) is 0 Å². The van der Waals surface area contributed by atoms with Crippen molar-refractivity contribution in [2.24, 2.45) is 0 Å². The molecule has 1 aliphatic carbocycles. The van der Waals surface area contributed by atoms with Gasteiger partial charge in [-0.2, -0.15) is 5.26 Å². The standard InChI is InChI=1S/C17H10BrN/c18-17-11-12-5-1-2-6-13(12)15(9-10-19)14-7-3-4-8-16(14)17/h1-9,11H/b15-9-. The van der Waals surface area contributed by atoms with E-state index in [2.05, 4.69) is 52.3 Å². The Morgan fingerprint density at radius 1 is 0.895 bits per heavy atom. The van der Waals surface area contributed by atoms with Crippen LogP contribution in [0.4, 0.5) is 0 Å². The van der Waals surface area contributed by atoms with Gasteiger partial charge in [-0.1, -0.05) is 64.5 Å². The third-order valence-corrected chi connectivity index (χ3v) is 3.87. The van der Waals surface area contributed by atoms with Crippen LogP contribution in [0.2, 0.25) is 0 Å². The Balaban J connectivity index is 2.40. The Morgan fingerprint density at radius 2 is 1.53 bits per heavy atom. The van der Waals surface area contributed by atoms with Gasteiger partial charge in [0.1, 0.15) is 0 Å². The van der Waals surface area contributed by atoms with E-state index < -0.39 is 0 Å². The number of hydrogen-bond donors (Lipinski definition) is 0. The van der Waals surface area contributed by atoms with Crippen LogP contribution in [0.1, 0.15) is 22.3 Å². The Kier molecular flexibility index (Phi) is 3.06. The lowest BCUT2D eigenvalue weighted by atomic mass is 9.93. The van der Waals surface area contributed by atoms with Crippen molar-refractivity contribution in [3.05, 3.63) is 76.9 Å². The molecule has 0 atom stereocenters. The van der Waals surface area contributed by atoms with Crippen LogP contribution in [0.25, 0.3) is 16.1 Å². The molecule has 3 rings (SSSR count). The van der Waals surface area contributed by atoms with Crippen LogP contribution >= 0.6 is 15.9 Å². The van der Waals surface area contributed by atoms with Gasteiger partial charge in [-0.05, 0) is 28.3 Å². The Bertz CT molecular complexity index is 748. The Hall–Kier alpha value is -2.11. The van der Waals surface area contributed by atoms with Crippen molar-refractivity contribution >= 4 is 32.1 Å². The quantitative estimate of drug-likeness (QED) is 0.638. The fourth-order valence-corrected chi connectivity index (χ4v) is 2.97. The maximum Gasteiger partial charge on any atom is 0.0918 e. The van der Waals surface area contributed by atoms with Crippen molar-refractivity contribution in [2.45, 2.75) is 0 Å². The van der Waals surface area contributed by atoms with Gasteiger partial charge in [0.2, 0.25) is 0 Å². The van der Waals surface area contributed by atoms with E-state index in [0.717, 1.165) is 32.3 Å². The largest absolute Gasteiger partial charge is 0.193 e. The van der Waals surface area contributed by atoms with Crippen LogP contribution in [-0.4, -0.2) is 0 Å². The maximum absolute atomic E-state index is 9.07. The highest BCUT2D eigenvalue weighted by Gasteiger charge is 2.17. The first-order chi connectivity index (χ1) is 9.31. The third kappa shape index (κ3) is 2.03. The molecule has 2 heteroatoms. The highest BCUT2D eigenvalue weighted by atomic mass is 79.9. The average molecular weight is 308 g/mol. The van der Waals surface area contributed by atoms with Crippen molar-refractivity contribution in [3.8, 4) is 6.07 Å². The molecule has 1 aliphatic rings.